The smallest absolute Gasteiger partial charge is 0.0533 e. The van der Waals surface area contributed by atoms with Crippen LogP contribution in [0.15, 0.2) is 29.8 Å². The van der Waals surface area contributed by atoms with Gasteiger partial charge in [-0.15, -0.1) is 0 Å². The van der Waals surface area contributed by atoms with Gasteiger partial charge >= 0.3 is 0 Å². The van der Waals surface area contributed by atoms with Crippen LogP contribution in [0.4, 0.5) is 0 Å². The van der Waals surface area contributed by atoms with Gasteiger partial charge in [-0.25, -0.2) is 0 Å². The minimum atomic E-state index is 0.400. The number of likely N-dealkylation sites (N-methyl/N-ethyl adjacent to an activating group) is 1. The lowest BCUT2D eigenvalue weighted by Crippen LogP contribution is -2.19. The van der Waals surface area contributed by atoms with Crippen LogP contribution in [0.1, 0.15) is 61.3 Å². The molecule has 0 radical (unpaired) electrons. The van der Waals surface area contributed by atoms with Gasteiger partial charge in [-0.05, 0) is 63.3 Å². The Morgan fingerprint density at radius 2 is 1.79 bits per heavy atom. The molecule has 2 rings (SSSR count). The minimum Gasteiger partial charge on any atom is -0.310 e. The standard InChI is InChI=1S/C18H27N/c1-14-11-12-17(13-15(14)2)18(19-3)16-9-7-5-4-6-8-10-16/h9,11-13,18-19H,4-8,10H2,1-3H3/b16-9+. The van der Waals surface area contributed by atoms with Gasteiger partial charge in [0.1, 0.15) is 0 Å². The zero-order valence-corrected chi connectivity index (χ0v) is 12.6. The van der Waals surface area contributed by atoms with E-state index in [0.717, 1.165) is 0 Å². The first-order chi connectivity index (χ1) is 9.22. The van der Waals surface area contributed by atoms with Gasteiger partial charge in [0, 0.05) is 0 Å². The van der Waals surface area contributed by atoms with Gasteiger partial charge in [0.15, 0.2) is 0 Å². The first-order valence-electron chi connectivity index (χ1n) is 7.65. The van der Waals surface area contributed by atoms with E-state index in [4.69, 9.17) is 0 Å². The molecule has 1 aromatic rings. The summed E-state index contributed by atoms with van der Waals surface area (Å²) in [4.78, 5) is 0. The average molecular weight is 257 g/mol. The molecule has 0 aromatic heterocycles. The van der Waals surface area contributed by atoms with Crippen molar-refractivity contribution in [2.75, 3.05) is 7.05 Å². The van der Waals surface area contributed by atoms with Crippen LogP contribution in [-0.4, -0.2) is 7.05 Å². The number of allylic oxidation sites excluding steroid dienone is 1. The van der Waals surface area contributed by atoms with Crippen LogP contribution in [0.25, 0.3) is 0 Å². The quantitative estimate of drug-likeness (QED) is 0.764. The van der Waals surface area contributed by atoms with Crippen molar-refractivity contribution < 1.29 is 0 Å². The summed E-state index contributed by atoms with van der Waals surface area (Å²) in [5, 5.41) is 3.51. The van der Waals surface area contributed by atoms with Crippen molar-refractivity contribution in [1.82, 2.24) is 5.32 Å². The molecular formula is C18H27N. The monoisotopic (exact) mass is 257 g/mol. The summed E-state index contributed by atoms with van der Waals surface area (Å²) in [6, 6.07) is 7.27. The van der Waals surface area contributed by atoms with Gasteiger partial charge in [0.2, 0.25) is 0 Å². The van der Waals surface area contributed by atoms with E-state index in [1.54, 1.807) is 5.57 Å². The Bertz CT molecular complexity index is 445. The van der Waals surface area contributed by atoms with Crippen LogP contribution < -0.4 is 5.32 Å². The highest BCUT2D eigenvalue weighted by atomic mass is 14.9. The predicted molar refractivity (Wildman–Crippen MR) is 83.5 cm³/mol. The summed E-state index contributed by atoms with van der Waals surface area (Å²) < 4.78 is 0. The molecule has 1 heteroatoms. The van der Waals surface area contributed by atoms with E-state index in [-0.39, 0.29) is 0 Å². The topological polar surface area (TPSA) is 12.0 Å². The van der Waals surface area contributed by atoms with Crippen LogP contribution in [0.5, 0.6) is 0 Å². The second-order valence-electron chi connectivity index (χ2n) is 5.80. The highest BCUT2D eigenvalue weighted by molar-refractivity contribution is 5.35. The van der Waals surface area contributed by atoms with Crippen molar-refractivity contribution in [3.05, 3.63) is 46.5 Å². The van der Waals surface area contributed by atoms with Crippen LogP contribution in [0.3, 0.4) is 0 Å². The number of hydrogen-bond acceptors (Lipinski definition) is 1. The normalized spacial score (nSPS) is 21.1. The number of rotatable bonds is 3. The maximum atomic E-state index is 3.51. The number of nitrogens with one attached hydrogen (secondary N) is 1. The fourth-order valence-corrected chi connectivity index (χ4v) is 2.99. The van der Waals surface area contributed by atoms with E-state index >= 15 is 0 Å². The molecule has 19 heavy (non-hydrogen) atoms. The molecule has 104 valence electrons. The Hall–Kier alpha value is -1.08. The Balaban J connectivity index is 2.24. The molecule has 1 N–H and O–H groups in total. The summed E-state index contributed by atoms with van der Waals surface area (Å²) in [7, 11) is 2.08. The summed E-state index contributed by atoms with van der Waals surface area (Å²) in [6.07, 6.45) is 10.5. The Morgan fingerprint density at radius 3 is 2.53 bits per heavy atom. The van der Waals surface area contributed by atoms with E-state index in [1.165, 1.54) is 55.2 Å². The van der Waals surface area contributed by atoms with E-state index in [9.17, 15) is 0 Å². The predicted octanol–water partition coefficient (Wildman–Crippen LogP) is 4.84. The summed E-state index contributed by atoms with van der Waals surface area (Å²) in [5.74, 6) is 0. The molecule has 1 aromatic carbocycles. The van der Waals surface area contributed by atoms with Crippen molar-refractivity contribution in [2.24, 2.45) is 0 Å². The highest BCUT2D eigenvalue weighted by Crippen LogP contribution is 2.29. The molecule has 0 spiro atoms. The van der Waals surface area contributed by atoms with Crippen LogP contribution in [0, 0.1) is 13.8 Å². The molecule has 0 fully saturated rings. The van der Waals surface area contributed by atoms with E-state index in [0.29, 0.717) is 6.04 Å². The third kappa shape index (κ3) is 3.70. The molecule has 1 unspecified atom stereocenters. The Morgan fingerprint density at radius 1 is 1.00 bits per heavy atom. The number of hydrogen-bond donors (Lipinski definition) is 1. The van der Waals surface area contributed by atoms with Crippen LogP contribution in [0.2, 0.25) is 0 Å². The summed E-state index contributed by atoms with van der Waals surface area (Å²) in [5.41, 5.74) is 5.78. The number of aryl methyl sites for hydroxylation is 2. The molecule has 0 amide bonds. The molecule has 1 aliphatic rings. The SMILES string of the molecule is CNC(/C1=C/CCCCCC1)c1ccc(C)c(C)c1. The third-order valence-electron chi connectivity index (χ3n) is 4.35. The highest BCUT2D eigenvalue weighted by Gasteiger charge is 2.15. The van der Waals surface area contributed by atoms with Crippen LogP contribution >= 0.6 is 0 Å². The van der Waals surface area contributed by atoms with Crippen molar-refractivity contribution in [3.8, 4) is 0 Å². The van der Waals surface area contributed by atoms with Crippen molar-refractivity contribution in [2.45, 2.75) is 58.4 Å². The fraction of sp³-hybridized carbons (Fsp3) is 0.556. The largest absolute Gasteiger partial charge is 0.310 e. The van der Waals surface area contributed by atoms with Crippen molar-refractivity contribution in [3.63, 3.8) is 0 Å². The molecule has 0 heterocycles. The maximum absolute atomic E-state index is 3.51. The van der Waals surface area contributed by atoms with Crippen LogP contribution in [-0.2, 0) is 0 Å². The van der Waals surface area contributed by atoms with Crippen molar-refractivity contribution >= 4 is 0 Å². The molecule has 0 saturated heterocycles. The first kappa shape index (κ1) is 14.3. The molecule has 1 aliphatic carbocycles. The lowest BCUT2D eigenvalue weighted by Gasteiger charge is -2.23. The zero-order valence-electron chi connectivity index (χ0n) is 12.6. The van der Waals surface area contributed by atoms with Crippen molar-refractivity contribution in [1.29, 1.82) is 0 Å². The summed E-state index contributed by atoms with van der Waals surface area (Å²) in [6.45, 7) is 4.39. The van der Waals surface area contributed by atoms with Gasteiger partial charge in [0.05, 0.1) is 6.04 Å². The molecule has 1 atom stereocenters. The summed E-state index contributed by atoms with van der Waals surface area (Å²) >= 11 is 0. The molecule has 0 bridgehead atoms. The minimum absolute atomic E-state index is 0.400. The maximum Gasteiger partial charge on any atom is 0.0533 e. The van der Waals surface area contributed by atoms with E-state index in [1.807, 2.05) is 0 Å². The second-order valence-corrected chi connectivity index (χ2v) is 5.80. The second kappa shape index (κ2) is 6.91. The molecular weight excluding hydrogens is 230 g/mol. The first-order valence-corrected chi connectivity index (χ1v) is 7.65. The van der Waals surface area contributed by atoms with E-state index in [2.05, 4.69) is 50.5 Å². The third-order valence-corrected chi connectivity index (χ3v) is 4.35. The van der Waals surface area contributed by atoms with Gasteiger partial charge in [-0.3, -0.25) is 0 Å². The fourth-order valence-electron chi connectivity index (χ4n) is 2.99. The molecule has 0 saturated carbocycles. The molecule has 1 nitrogen and oxygen atoms in total. The zero-order chi connectivity index (χ0) is 13.7. The van der Waals surface area contributed by atoms with Gasteiger partial charge in [0.25, 0.3) is 0 Å². The van der Waals surface area contributed by atoms with Gasteiger partial charge in [-0.1, -0.05) is 42.7 Å². The Kier molecular flexibility index (Phi) is 5.21. The molecule has 0 aliphatic heterocycles. The lowest BCUT2D eigenvalue weighted by molar-refractivity contribution is 0.573. The average Bonchev–Trinajstić information content (AvgIpc) is 2.36. The lowest BCUT2D eigenvalue weighted by atomic mass is 9.90. The van der Waals surface area contributed by atoms with E-state index < -0.39 is 0 Å². The Labute approximate surface area is 118 Å². The van der Waals surface area contributed by atoms with Gasteiger partial charge < -0.3 is 5.32 Å². The number of benzene rings is 1. The van der Waals surface area contributed by atoms with Gasteiger partial charge in [-0.2, -0.15) is 0 Å².